The Morgan fingerprint density at radius 3 is 3.00 bits per heavy atom. The highest BCUT2D eigenvalue weighted by atomic mass is 32.1. The molecule has 0 spiro atoms. The van der Waals surface area contributed by atoms with Gasteiger partial charge in [0.25, 0.3) is 0 Å². The second-order valence-corrected chi connectivity index (χ2v) is 4.26. The maximum absolute atomic E-state index is 9.00. The monoisotopic (exact) mass is 226 g/mol. The summed E-state index contributed by atoms with van der Waals surface area (Å²) in [6, 6.07) is 5.75. The molecule has 1 aromatic rings. The number of thiophene rings is 1. The highest BCUT2D eigenvalue weighted by Crippen LogP contribution is 2.14. The van der Waals surface area contributed by atoms with Crippen molar-refractivity contribution in [3.8, 4) is 6.07 Å². The molecule has 0 aliphatic heterocycles. The average molecular weight is 226 g/mol. The number of rotatable bonds is 6. The number of aliphatic hydroxyl groups excluding tert-OH is 1. The number of methoxy groups -OCH3 is 1. The molecule has 0 aliphatic rings. The number of aliphatic hydroxyl groups is 1. The minimum absolute atomic E-state index is 0.0460. The Kier molecular flexibility index (Phi) is 5.29. The fourth-order valence-corrected chi connectivity index (χ4v) is 1.91. The van der Waals surface area contributed by atoms with Crippen LogP contribution in [-0.4, -0.2) is 31.5 Å². The average Bonchev–Trinajstić information content (AvgIpc) is 2.72. The lowest BCUT2D eigenvalue weighted by Gasteiger charge is -2.13. The van der Waals surface area contributed by atoms with Crippen LogP contribution in [0, 0.1) is 11.3 Å². The molecule has 2 N–H and O–H groups in total. The zero-order chi connectivity index (χ0) is 11.1. The number of hydrogen-bond donors (Lipinski definition) is 2. The van der Waals surface area contributed by atoms with Crippen LogP contribution in [0.15, 0.2) is 12.1 Å². The molecular weight excluding hydrogens is 212 g/mol. The van der Waals surface area contributed by atoms with Crippen molar-refractivity contribution in [2.75, 3.05) is 20.3 Å². The van der Waals surface area contributed by atoms with E-state index >= 15 is 0 Å². The quantitative estimate of drug-likeness (QED) is 0.750. The summed E-state index contributed by atoms with van der Waals surface area (Å²) < 4.78 is 4.94. The van der Waals surface area contributed by atoms with E-state index in [1.54, 1.807) is 13.2 Å². The molecule has 1 atom stereocenters. The second kappa shape index (κ2) is 6.53. The van der Waals surface area contributed by atoms with Crippen molar-refractivity contribution < 1.29 is 9.84 Å². The van der Waals surface area contributed by atoms with Crippen LogP contribution in [0.1, 0.15) is 9.75 Å². The summed E-state index contributed by atoms with van der Waals surface area (Å²) in [5, 5.41) is 20.8. The Labute approximate surface area is 93.1 Å². The lowest BCUT2D eigenvalue weighted by Crippen LogP contribution is -2.35. The van der Waals surface area contributed by atoms with Crippen molar-refractivity contribution in [2.45, 2.75) is 12.6 Å². The summed E-state index contributed by atoms with van der Waals surface area (Å²) >= 11 is 1.46. The molecule has 0 bridgehead atoms. The van der Waals surface area contributed by atoms with Crippen molar-refractivity contribution in [3.05, 3.63) is 21.9 Å². The van der Waals surface area contributed by atoms with E-state index in [0.717, 1.165) is 4.88 Å². The minimum atomic E-state index is -0.0531. The standard InChI is InChI=1S/C10H14N2O2S/c1-14-7-8(6-13)12-5-10-3-2-9(4-11)15-10/h2-3,8,12-13H,5-7H2,1H3. The Hall–Kier alpha value is -0.930. The van der Waals surface area contributed by atoms with E-state index in [9.17, 15) is 0 Å². The molecule has 82 valence electrons. The first-order chi connectivity index (χ1) is 7.30. The number of ether oxygens (including phenoxy) is 1. The molecule has 0 saturated heterocycles. The Morgan fingerprint density at radius 2 is 2.47 bits per heavy atom. The molecule has 15 heavy (non-hydrogen) atoms. The van der Waals surface area contributed by atoms with E-state index in [0.29, 0.717) is 18.0 Å². The predicted molar refractivity (Wildman–Crippen MR) is 58.6 cm³/mol. The lowest BCUT2D eigenvalue weighted by molar-refractivity contribution is 0.128. The predicted octanol–water partition coefficient (Wildman–Crippen LogP) is 0.717. The van der Waals surface area contributed by atoms with Crippen LogP contribution in [-0.2, 0) is 11.3 Å². The topological polar surface area (TPSA) is 65.3 Å². The fourth-order valence-electron chi connectivity index (χ4n) is 1.16. The van der Waals surface area contributed by atoms with E-state index < -0.39 is 0 Å². The van der Waals surface area contributed by atoms with Gasteiger partial charge < -0.3 is 15.2 Å². The van der Waals surface area contributed by atoms with Gasteiger partial charge in [-0.25, -0.2) is 0 Å². The number of nitrogens with zero attached hydrogens (tertiary/aromatic N) is 1. The van der Waals surface area contributed by atoms with Crippen molar-refractivity contribution in [1.29, 1.82) is 5.26 Å². The van der Waals surface area contributed by atoms with Gasteiger partial charge >= 0.3 is 0 Å². The number of hydrogen-bond acceptors (Lipinski definition) is 5. The zero-order valence-electron chi connectivity index (χ0n) is 8.56. The maximum Gasteiger partial charge on any atom is 0.110 e. The molecule has 0 aliphatic carbocycles. The third kappa shape index (κ3) is 3.98. The van der Waals surface area contributed by atoms with Gasteiger partial charge in [0.15, 0.2) is 0 Å². The summed E-state index contributed by atoms with van der Waals surface area (Å²) in [6.07, 6.45) is 0. The Balaban J connectivity index is 2.38. The van der Waals surface area contributed by atoms with Crippen LogP contribution in [0.2, 0.25) is 0 Å². The highest BCUT2D eigenvalue weighted by Gasteiger charge is 2.06. The molecule has 1 heterocycles. The van der Waals surface area contributed by atoms with Gasteiger partial charge in [0, 0.05) is 18.5 Å². The summed E-state index contributed by atoms with van der Waals surface area (Å²) in [5.74, 6) is 0. The molecule has 0 fully saturated rings. The molecule has 0 radical (unpaired) electrons. The van der Waals surface area contributed by atoms with Crippen LogP contribution in [0.4, 0.5) is 0 Å². The van der Waals surface area contributed by atoms with Crippen molar-refractivity contribution in [3.63, 3.8) is 0 Å². The number of nitrogens with one attached hydrogen (secondary N) is 1. The summed E-state index contributed by atoms with van der Waals surface area (Å²) in [6.45, 7) is 1.18. The second-order valence-electron chi connectivity index (χ2n) is 3.09. The van der Waals surface area contributed by atoms with Crippen LogP contribution >= 0.6 is 11.3 Å². The first kappa shape index (κ1) is 12.1. The summed E-state index contributed by atoms with van der Waals surface area (Å²) in [5.41, 5.74) is 0. The maximum atomic E-state index is 9.00. The van der Waals surface area contributed by atoms with Crippen molar-refractivity contribution >= 4 is 11.3 Å². The molecule has 1 aromatic heterocycles. The normalized spacial score (nSPS) is 12.3. The van der Waals surface area contributed by atoms with E-state index in [2.05, 4.69) is 11.4 Å². The first-order valence-electron chi connectivity index (χ1n) is 4.62. The van der Waals surface area contributed by atoms with Gasteiger partial charge in [-0.2, -0.15) is 5.26 Å². The van der Waals surface area contributed by atoms with Gasteiger partial charge in [-0.3, -0.25) is 0 Å². The summed E-state index contributed by atoms with van der Waals surface area (Å²) in [7, 11) is 1.60. The van der Waals surface area contributed by atoms with Crippen LogP contribution in [0.25, 0.3) is 0 Å². The van der Waals surface area contributed by atoms with Gasteiger partial charge in [0.1, 0.15) is 10.9 Å². The summed E-state index contributed by atoms with van der Waals surface area (Å²) in [4.78, 5) is 1.79. The third-order valence-corrected chi connectivity index (χ3v) is 2.91. The lowest BCUT2D eigenvalue weighted by atomic mass is 10.3. The van der Waals surface area contributed by atoms with Gasteiger partial charge in [-0.05, 0) is 12.1 Å². The number of nitriles is 1. The highest BCUT2D eigenvalue weighted by molar-refractivity contribution is 7.12. The zero-order valence-corrected chi connectivity index (χ0v) is 9.38. The van der Waals surface area contributed by atoms with Crippen molar-refractivity contribution in [2.24, 2.45) is 0 Å². The van der Waals surface area contributed by atoms with Crippen LogP contribution < -0.4 is 5.32 Å². The SMILES string of the molecule is COCC(CO)NCc1ccc(C#N)s1. The first-order valence-corrected chi connectivity index (χ1v) is 5.43. The third-order valence-electron chi connectivity index (χ3n) is 1.93. The minimum Gasteiger partial charge on any atom is -0.395 e. The molecule has 0 amide bonds. The molecule has 0 aromatic carbocycles. The van der Waals surface area contributed by atoms with E-state index in [-0.39, 0.29) is 12.6 Å². The molecule has 1 rings (SSSR count). The smallest absolute Gasteiger partial charge is 0.110 e. The molecule has 4 nitrogen and oxygen atoms in total. The molecule has 5 heteroatoms. The van der Waals surface area contributed by atoms with Gasteiger partial charge in [-0.1, -0.05) is 0 Å². The molecular formula is C10H14N2O2S. The Morgan fingerprint density at radius 1 is 1.67 bits per heavy atom. The van der Waals surface area contributed by atoms with Crippen molar-refractivity contribution in [1.82, 2.24) is 5.32 Å². The van der Waals surface area contributed by atoms with Gasteiger partial charge in [0.05, 0.1) is 19.3 Å². The van der Waals surface area contributed by atoms with E-state index in [1.165, 1.54) is 11.3 Å². The fraction of sp³-hybridized carbons (Fsp3) is 0.500. The van der Waals surface area contributed by atoms with E-state index in [4.69, 9.17) is 15.1 Å². The molecule has 1 unspecified atom stereocenters. The van der Waals surface area contributed by atoms with E-state index in [1.807, 2.05) is 6.07 Å². The largest absolute Gasteiger partial charge is 0.395 e. The van der Waals surface area contributed by atoms with Gasteiger partial charge in [0.2, 0.25) is 0 Å². The van der Waals surface area contributed by atoms with Crippen LogP contribution in [0.5, 0.6) is 0 Å². The van der Waals surface area contributed by atoms with Gasteiger partial charge in [-0.15, -0.1) is 11.3 Å². The molecule has 0 saturated carbocycles. The van der Waals surface area contributed by atoms with Crippen LogP contribution in [0.3, 0.4) is 0 Å². The Bertz CT molecular complexity index is 332.